The molecule has 0 bridgehead atoms. The van der Waals surface area contributed by atoms with Gasteiger partial charge in [-0.3, -0.25) is 9.69 Å². The van der Waals surface area contributed by atoms with Gasteiger partial charge in [0.2, 0.25) is 5.91 Å². The number of ether oxygens (including phenoxy) is 2. The Kier molecular flexibility index (Phi) is 13.6. The van der Waals surface area contributed by atoms with Crippen LogP contribution in [-0.4, -0.2) is 72.3 Å². The molecule has 4 aromatic carbocycles. The Bertz CT molecular complexity index is 1850. The van der Waals surface area contributed by atoms with Crippen LogP contribution >= 0.6 is 11.6 Å². The molecule has 1 fully saturated rings. The molecule has 8 heteroatoms. The van der Waals surface area contributed by atoms with Crippen LogP contribution in [0.1, 0.15) is 50.3 Å². The molecule has 0 spiro atoms. The van der Waals surface area contributed by atoms with Gasteiger partial charge < -0.3 is 24.3 Å². The van der Waals surface area contributed by atoms with Crippen LogP contribution in [0.5, 0.6) is 11.5 Å². The molecular formula is C42H53ClN4O3. The SMILES string of the molecule is CC(=O)NCc1cccc(C)c1.CCC(C)Oc1cccc2c(C)cn(CCCN3CCN(CCOc4ccc(Cl)c5ccccc45)CC3)c12. The van der Waals surface area contributed by atoms with Crippen molar-refractivity contribution in [2.45, 2.75) is 66.7 Å². The summed E-state index contributed by atoms with van der Waals surface area (Å²) in [7, 11) is 0. The molecule has 0 aliphatic carbocycles. The Hall–Kier alpha value is -4.04. The molecule has 1 aliphatic heterocycles. The number of rotatable bonds is 13. The molecule has 1 saturated heterocycles. The second kappa shape index (κ2) is 18.3. The lowest BCUT2D eigenvalue weighted by Crippen LogP contribution is -2.47. The monoisotopic (exact) mass is 696 g/mol. The molecule has 0 radical (unpaired) electrons. The van der Waals surface area contributed by atoms with Crippen molar-refractivity contribution in [1.29, 1.82) is 0 Å². The van der Waals surface area contributed by atoms with Crippen molar-refractivity contribution in [3.05, 3.63) is 107 Å². The number of aromatic nitrogens is 1. The lowest BCUT2D eigenvalue weighted by Gasteiger charge is -2.34. The van der Waals surface area contributed by atoms with E-state index in [-0.39, 0.29) is 12.0 Å². The van der Waals surface area contributed by atoms with Crippen molar-refractivity contribution in [3.63, 3.8) is 0 Å². The van der Waals surface area contributed by atoms with E-state index in [1.807, 2.05) is 55.5 Å². The van der Waals surface area contributed by atoms with Crippen LogP contribution < -0.4 is 14.8 Å². The summed E-state index contributed by atoms with van der Waals surface area (Å²) in [6.45, 7) is 18.8. The minimum atomic E-state index is 0.0107. The van der Waals surface area contributed by atoms with Gasteiger partial charge >= 0.3 is 0 Å². The number of fused-ring (bicyclic) bond motifs is 2. The van der Waals surface area contributed by atoms with Gasteiger partial charge in [0.25, 0.3) is 0 Å². The Labute approximate surface area is 303 Å². The van der Waals surface area contributed by atoms with Crippen molar-refractivity contribution < 1.29 is 14.3 Å². The maximum absolute atomic E-state index is 10.6. The average molecular weight is 697 g/mol. The van der Waals surface area contributed by atoms with E-state index in [0.717, 1.165) is 91.5 Å². The van der Waals surface area contributed by atoms with E-state index in [4.69, 9.17) is 21.1 Å². The predicted octanol–water partition coefficient (Wildman–Crippen LogP) is 8.65. The molecule has 50 heavy (non-hydrogen) atoms. The lowest BCUT2D eigenvalue weighted by atomic mass is 10.1. The highest BCUT2D eigenvalue weighted by molar-refractivity contribution is 6.35. The standard InChI is InChI=1S/C32H40ClN3O2.C10H13NO/c1-4-25(3)38-31-12-7-11-26-24(2)23-36(32(26)31)16-8-15-34-17-19-35(20-18-34)21-22-37-30-14-13-29(33)27-9-5-6-10-28(27)30;1-8-4-3-5-10(6-8)7-11-9(2)12/h5-7,9-14,23,25H,4,8,15-22H2,1-3H3;3-6H,7H2,1-2H3,(H,11,12). The fourth-order valence-electron chi connectivity index (χ4n) is 6.47. The average Bonchev–Trinajstić information content (AvgIpc) is 3.45. The van der Waals surface area contributed by atoms with Gasteiger partial charge in [0.05, 0.1) is 11.6 Å². The number of amides is 1. The third kappa shape index (κ3) is 10.3. The molecular weight excluding hydrogens is 644 g/mol. The molecule has 0 saturated carbocycles. The first-order valence-electron chi connectivity index (χ1n) is 18.0. The van der Waals surface area contributed by atoms with Crippen LogP contribution in [0.2, 0.25) is 5.02 Å². The summed E-state index contributed by atoms with van der Waals surface area (Å²) < 4.78 is 14.8. The summed E-state index contributed by atoms with van der Waals surface area (Å²) in [5, 5.41) is 6.94. The quantitative estimate of drug-likeness (QED) is 0.134. The van der Waals surface area contributed by atoms with Gasteiger partial charge in [-0.05, 0) is 69.5 Å². The number of benzene rings is 4. The highest BCUT2D eigenvalue weighted by atomic mass is 35.5. The summed E-state index contributed by atoms with van der Waals surface area (Å²) in [4.78, 5) is 15.7. The van der Waals surface area contributed by atoms with Gasteiger partial charge in [-0.2, -0.15) is 0 Å². The number of para-hydroxylation sites is 1. The largest absolute Gasteiger partial charge is 0.492 e. The number of carbonyl (C=O) groups excluding carboxylic acids is 1. The maximum atomic E-state index is 10.6. The fourth-order valence-corrected chi connectivity index (χ4v) is 6.70. The summed E-state index contributed by atoms with van der Waals surface area (Å²) in [6, 6.07) is 26.6. The lowest BCUT2D eigenvalue weighted by molar-refractivity contribution is -0.119. The number of piperazine rings is 1. The van der Waals surface area contributed by atoms with Crippen molar-refractivity contribution in [2.24, 2.45) is 0 Å². The first-order valence-corrected chi connectivity index (χ1v) is 18.4. The molecule has 1 aromatic heterocycles. The van der Waals surface area contributed by atoms with E-state index in [0.29, 0.717) is 13.2 Å². The zero-order valence-corrected chi connectivity index (χ0v) is 31.1. The number of carbonyl (C=O) groups is 1. The van der Waals surface area contributed by atoms with Crippen molar-refractivity contribution in [1.82, 2.24) is 19.7 Å². The van der Waals surface area contributed by atoms with Crippen molar-refractivity contribution >= 4 is 39.2 Å². The number of nitrogens with one attached hydrogen (secondary N) is 1. The highest BCUT2D eigenvalue weighted by Crippen LogP contribution is 2.32. The molecule has 266 valence electrons. The second-order valence-corrected chi connectivity index (χ2v) is 13.8. The van der Waals surface area contributed by atoms with Crippen LogP contribution in [0.15, 0.2) is 85.1 Å². The van der Waals surface area contributed by atoms with Crippen LogP contribution in [0.25, 0.3) is 21.7 Å². The molecule has 1 aliphatic rings. The molecule has 2 heterocycles. The molecule has 1 atom stereocenters. The van der Waals surface area contributed by atoms with Gasteiger partial charge in [-0.15, -0.1) is 0 Å². The summed E-state index contributed by atoms with van der Waals surface area (Å²) in [6.07, 6.45) is 4.65. The Morgan fingerprint density at radius 3 is 2.26 bits per heavy atom. The Morgan fingerprint density at radius 1 is 0.840 bits per heavy atom. The van der Waals surface area contributed by atoms with E-state index in [2.05, 4.69) is 77.0 Å². The summed E-state index contributed by atoms with van der Waals surface area (Å²) >= 11 is 6.35. The number of aryl methyl sites for hydroxylation is 3. The van der Waals surface area contributed by atoms with E-state index in [1.165, 1.54) is 29.0 Å². The number of nitrogens with zero attached hydrogens (tertiary/aromatic N) is 3. The Morgan fingerprint density at radius 2 is 1.54 bits per heavy atom. The zero-order valence-electron chi connectivity index (χ0n) is 30.4. The van der Waals surface area contributed by atoms with Crippen LogP contribution in [-0.2, 0) is 17.9 Å². The molecule has 1 N–H and O–H groups in total. The Balaban J connectivity index is 0.000000343. The zero-order chi connectivity index (χ0) is 35.5. The van der Waals surface area contributed by atoms with Gasteiger partial charge in [0, 0.05) is 80.1 Å². The highest BCUT2D eigenvalue weighted by Gasteiger charge is 2.18. The second-order valence-electron chi connectivity index (χ2n) is 13.4. The van der Waals surface area contributed by atoms with E-state index in [1.54, 1.807) is 0 Å². The van der Waals surface area contributed by atoms with Crippen molar-refractivity contribution in [2.75, 3.05) is 45.9 Å². The predicted molar refractivity (Wildman–Crippen MR) is 208 cm³/mol. The van der Waals surface area contributed by atoms with Gasteiger partial charge in [0.1, 0.15) is 18.1 Å². The number of hydrogen-bond donors (Lipinski definition) is 1. The van der Waals surface area contributed by atoms with E-state index < -0.39 is 0 Å². The van der Waals surface area contributed by atoms with Crippen LogP contribution in [0.4, 0.5) is 0 Å². The van der Waals surface area contributed by atoms with E-state index >= 15 is 0 Å². The first kappa shape index (κ1) is 37.2. The van der Waals surface area contributed by atoms with Crippen LogP contribution in [0, 0.1) is 13.8 Å². The first-order chi connectivity index (χ1) is 24.2. The fraction of sp³-hybridized carbons (Fsp3) is 0.405. The number of hydrogen-bond acceptors (Lipinski definition) is 5. The summed E-state index contributed by atoms with van der Waals surface area (Å²) in [5.41, 5.74) is 4.92. The van der Waals surface area contributed by atoms with Gasteiger partial charge in [0.15, 0.2) is 0 Å². The third-order valence-electron chi connectivity index (χ3n) is 9.42. The van der Waals surface area contributed by atoms with Crippen LogP contribution in [0.3, 0.4) is 0 Å². The molecule has 6 rings (SSSR count). The molecule has 7 nitrogen and oxygen atoms in total. The molecule has 1 unspecified atom stereocenters. The van der Waals surface area contributed by atoms with Gasteiger partial charge in [-0.25, -0.2) is 0 Å². The minimum Gasteiger partial charge on any atom is -0.492 e. The van der Waals surface area contributed by atoms with E-state index in [9.17, 15) is 4.79 Å². The van der Waals surface area contributed by atoms with Crippen molar-refractivity contribution in [3.8, 4) is 11.5 Å². The smallest absolute Gasteiger partial charge is 0.217 e. The summed E-state index contributed by atoms with van der Waals surface area (Å²) in [5.74, 6) is 1.93. The third-order valence-corrected chi connectivity index (χ3v) is 9.75. The normalized spacial score (nSPS) is 14.3. The topological polar surface area (TPSA) is 59.0 Å². The molecule has 1 amide bonds. The maximum Gasteiger partial charge on any atom is 0.217 e. The number of halogens is 1. The molecule has 5 aromatic rings. The minimum absolute atomic E-state index is 0.0107. The van der Waals surface area contributed by atoms with Gasteiger partial charge in [-0.1, -0.05) is 84.8 Å².